The standard InChI is InChI=1S/C27H25N3O6/c1-17-9-11-19(12-10-17)28-24(31)16-36-25-22(34-2)14-18(15-23(25)35-3)13-21-26(32)29-30(27(21)33)20-7-5-4-6-8-20/h4-15H,16H2,1-3H3,(H,28,31)(H,29,32). The summed E-state index contributed by atoms with van der Waals surface area (Å²) in [5.41, 5.74) is 5.27. The molecule has 0 aliphatic carbocycles. The second-order valence-electron chi connectivity index (χ2n) is 7.93. The van der Waals surface area contributed by atoms with E-state index in [9.17, 15) is 14.4 Å². The Labute approximate surface area is 208 Å². The van der Waals surface area contributed by atoms with Gasteiger partial charge in [0, 0.05) is 5.69 Å². The zero-order valence-corrected chi connectivity index (χ0v) is 20.0. The van der Waals surface area contributed by atoms with Crippen LogP contribution in [0, 0.1) is 6.92 Å². The fourth-order valence-electron chi connectivity index (χ4n) is 3.58. The number of carbonyl (C=O) groups excluding carboxylic acids is 3. The summed E-state index contributed by atoms with van der Waals surface area (Å²) < 4.78 is 16.6. The number of para-hydroxylation sites is 1. The van der Waals surface area contributed by atoms with Crippen LogP contribution in [0.1, 0.15) is 11.1 Å². The van der Waals surface area contributed by atoms with Gasteiger partial charge in [-0.2, -0.15) is 0 Å². The van der Waals surface area contributed by atoms with Crippen molar-refractivity contribution in [2.75, 3.05) is 31.2 Å². The van der Waals surface area contributed by atoms with Crippen LogP contribution in [0.5, 0.6) is 17.2 Å². The van der Waals surface area contributed by atoms with Gasteiger partial charge in [0.1, 0.15) is 5.57 Å². The molecule has 9 nitrogen and oxygen atoms in total. The molecule has 1 saturated heterocycles. The lowest BCUT2D eigenvalue weighted by Gasteiger charge is -2.15. The highest BCUT2D eigenvalue weighted by molar-refractivity contribution is 6.31. The number of rotatable bonds is 8. The average molecular weight is 488 g/mol. The van der Waals surface area contributed by atoms with E-state index in [0.717, 1.165) is 5.56 Å². The molecule has 0 aromatic heterocycles. The number of carbonyl (C=O) groups is 3. The van der Waals surface area contributed by atoms with Crippen LogP contribution in [-0.2, 0) is 14.4 Å². The van der Waals surface area contributed by atoms with E-state index < -0.39 is 11.8 Å². The van der Waals surface area contributed by atoms with Crippen LogP contribution in [0.2, 0.25) is 0 Å². The number of ether oxygens (including phenoxy) is 3. The minimum atomic E-state index is -0.533. The van der Waals surface area contributed by atoms with Crippen LogP contribution in [0.4, 0.5) is 11.4 Å². The zero-order valence-electron chi connectivity index (χ0n) is 20.0. The van der Waals surface area contributed by atoms with Gasteiger partial charge in [-0.15, -0.1) is 0 Å². The van der Waals surface area contributed by atoms with Gasteiger partial charge in [-0.05, 0) is 55.0 Å². The van der Waals surface area contributed by atoms with Gasteiger partial charge in [0.05, 0.1) is 19.9 Å². The van der Waals surface area contributed by atoms with Gasteiger partial charge in [-0.1, -0.05) is 35.9 Å². The van der Waals surface area contributed by atoms with Crippen LogP contribution in [0.15, 0.2) is 72.3 Å². The fourth-order valence-corrected chi connectivity index (χ4v) is 3.58. The maximum atomic E-state index is 12.9. The largest absolute Gasteiger partial charge is 0.493 e. The number of nitrogens with one attached hydrogen (secondary N) is 2. The first-order valence-corrected chi connectivity index (χ1v) is 11.1. The molecule has 0 radical (unpaired) electrons. The molecule has 3 aromatic carbocycles. The normalized spacial score (nSPS) is 14.0. The molecule has 0 spiro atoms. The Morgan fingerprint density at radius 3 is 2.22 bits per heavy atom. The van der Waals surface area contributed by atoms with Crippen LogP contribution in [0.3, 0.4) is 0 Å². The first-order chi connectivity index (χ1) is 17.4. The smallest absolute Gasteiger partial charge is 0.282 e. The summed E-state index contributed by atoms with van der Waals surface area (Å²) in [6.45, 7) is 1.68. The van der Waals surface area contributed by atoms with Crippen molar-refractivity contribution in [2.24, 2.45) is 0 Å². The lowest BCUT2D eigenvalue weighted by Crippen LogP contribution is -2.35. The molecule has 1 aliphatic heterocycles. The zero-order chi connectivity index (χ0) is 25.7. The maximum Gasteiger partial charge on any atom is 0.282 e. The molecule has 0 saturated carbocycles. The third-order valence-corrected chi connectivity index (χ3v) is 5.38. The number of hydrogen-bond acceptors (Lipinski definition) is 6. The Kier molecular flexibility index (Phi) is 7.20. The van der Waals surface area contributed by atoms with Crippen molar-refractivity contribution in [3.8, 4) is 17.2 Å². The summed E-state index contributed by atoms with van der Waals surface area (Å²) in [4.78, 5) is 37.8. The van der Waals surface area contributed by atoms with Gasteiger partial charge < -0.3 is 19.5 Å². The Balaban J connectivity index is 1.53. The molecule has 1 heterocycles. The number of hydrazine groups is 1. The monoisotopic (exact) mass is 487 g/mol. The molecule has 184 valence electrons. The molecule has 2 N–H and O–H groups in total. The highest BCUT2D eigenvalue weighted by atomic mass is 16.5. The molecule has 36 heavy (non-hydrogen) atoms. The van der Waals surface area contributed by atoms with Crippen LogP contribution in [0.25, 0.3) is 6.08 Å². The van der Waals surface area contributed by atoms with Crippen molar-refractivity contribution in [2.45, 2.75) is 6.92 Å². The van der Waals surface area contributed by atoms with Crippen LogP contribution >= 0.6 is 0 Å². The van der Waals surface area contributed by atoms with E-state index in [-0.39, 0.29) is 35.3 Å². The Bertz CT molecular complexity index is 1290. The third-order valence-electron chi connectivity index (χ3n) is 5.38. The van der Waals surface area contributed by atoms with Gasteiger partial charge in [-0.25, -0.2) is 5.01 Å². The number of nitrogens with zero attached hydrogens (tertiary/aromatic N) is 1. The van der Waals surface area contributed by atoms with E-state index in [4.69, 9.17) is 14.2 Å². The highest BCUT2D eigenvalue weighted by Gasteiger charge is 2.34. The predicted octanol–water partition coefficient (Wildman–Crippen LogP) is 3.49. The summed E-state index contributed by atoms with van der Waals surface area (Å²) in [6.07, 6.45) is 1.44. The average Bonchev–Trinajstić information content (AvgIpc) is 3.17. The summed E-state index contributed by atoms with van der Waals surface area (Å²) in [6, 6.07) is 19.4. The Hall–Kier alpha value is -4.79. The number of aryl methyl sites for hydroxylation is 1. The number of amides is 3. The molecular formula is C27H25N3O6. The van der Waals surface area contributed by atoms with E-state index in [0.29, 0.717) is 16.9 Å². The lowest BCUT2D eigenvalue weighted by molar-refractivity contribution is -0.118. The van der Waals surface area contributed by atoms with Crippen LogP contribution < -0.4 is 30.0 Å². The van der Waals surface area contributed by atoms with Gasteiger partial charge in [0.15, 0.2) is 18.1 Å². The van der Waals surface area contributed by atoms with Crippen molar-refractivity contribution in [1.82, 2.24) is 5.43 Å². The van der Waals surface area contributed by atoms with E-state index in [1.807, 2.05) is 25.1 Å². The number of methoxy groups -OCH3 is 2. The van der Waals surface area contributed by atoms with Gasteiger partial charge in [-0.3, -0.25) is 19.8 Å². The Morgan fingerprint density at radius 1 is 0.972 bits per heavy atom. The van der Waals surface area contributed by atoms with Crippen molar-refractivity contribution in [3.05, 3.63) is 83.4 Å². The number of anilines is 2. The molecule has 0 atom stereocenters. The van der Waals surface area contributed by atoms with Gasteiger partial charge in [0.2, 0.25) is 5.75 Å². The summed E-state index contributed by atoms with van der Waals surface area (Å²) in [7, 11) is 2.88. The molecule has 4 rings (SSSR count). The van der Waals surface area contributed by atoms with Crippen molar-refractivity contribution in [1.29, 1.82) is 0 Å². The first kappa shape index (κ1) is 24.3. The number of hydrogen-bond donors (Lipinski definition) is 2. The second kappa shape index (κ2) is 10.6. The van der Waals surface area contributed by atoms with E-state index in [1.165, 1.54) is 25.3 Å². The molecule has 1 fully saturated rings. The molecule has 3 amide bonds. The van der Waals surface area contributed by atoms with E-state index >= 15 is 0 Å². The molecular weight excluding hydrogens is 462 g/mol. The summed E-state index contributed by atoms with van der Waals surface area (Å²) >= 11 is 0. The molecule has 0 unspecified atom stereocenters. The van der Waals surface area contributed by atoms with Crippen LogP contribution in [-0.4, -0.2) is 38.5 Å². The van der Waals surface area contributed by atoms with Gasteiger partial charge >= 0.3 is 0 Å². The highest BCUT2D eigenvalue weighted by Crippen LogP contribution is 2.39. The quantitative estimate of drug-likeness (QED) is 0.372. The van der Waals surface area contributed by atoms with Crippen molar-refractivity contribution < 1.29 is 28.6 Å². The molecule has 9 heteroatoms. The summed E-state index contributed by atoms with van der Waals surface area (Å²) in [5, 5.41) is 3.95. The van der Waals surface area contributed by atoms with Crippen molar-refractivity contribution in [3.63, 3.8) is 0 Å². The topological polar surface area (TPSA) is 106 Å². The van der Waals surface area contributed by atoms with E-state index in [2.05, 4.69) is 10.7 Å². The maximum absolute atomic E-state index is 12.9. The molecule has 3 aromatic rings. The molecule has 0 bridgehead atoms. The predicted molar refractivity (Wildman–Crippen MR) is 135 cm³/mol. The second-order valence-corrected chi connectivity index (χ2v) is 7.93. The minimum absolute atomic E-state index is 0.0471. The number of benzene rings is 3. The van der Waals surface area contributed by atoms with E-state index in [1.54, 1.807) is 48.5 Å². The SMILES string of the molecule is COc1cc(C=C2C(=O)NN(c3ccccc3)C2=O)cc(OC)c1OCC(=O)Nc1ccc(C)cc1. The fraction of sp³-hybridized carbons (Fsp3) is 0.148. The Morgan fingerprint density at radius 2 is 1.61 bits per heavy atom. The lowest BCUT2D eigenvalue weighted by atomic mass is 10.1. The van der Waals surface area contributed by atoms with Gasteiger partial charge in [0.25, 0.3) is 17.7 Å². The summed E-state index contributed by atoms with van der Waals surface area (Å²) in [5.74, 6) is -0.616. The minimum Gasteiger partial charge on any atom is -0.493 e. The molecule has 1 aliphatic rings. The third kappa shape index (κ3) is 5.30. The van der Waals surface area contributed by atoms with Crippen molar-refractivity contribution >= 4 is 35.2 Å². The first-order valence-electron chi connectivity index (χ1n) is 11.1.